The van der Waals surface area contributed by atoms with E-state index in [1.165, 1.54) is 0 Å². The van der Waals surface area contributed by atoms with Crippen molar-refractivity contribution in [2.24, 2.45) is 0 Å². The van der Waals surface area contributed by atoms with Crippen molar-refractivity contribution in [3.05, 3.63) is 54.6 Å². The molecule has 124 valence electrons. The van der Waals surface area contributed by atoms with Crippen molar-refractivity contribution in [1.29, 1.82) is 0 Å². The Morgan fingerprint density at radius 3 is 1.65 bits per heavy atom. The third kappa shape index (κ3) is 4.65. The van der Waals surface area contributed by atoms with Gasteiger partial charge in [-0.1, -0.05) is 30.3 Å². The van der Waals surface area contributed by atoms with E-state index in [2.05, 4.69) is 5.32 Å². The van der Waals surface area contributed by atoms with Crippen LogP contribution in [0.25, 0.3) is 0 Å². The van der Waals surface area contributed by atoms with Crippen LogP contribution in [0, 0.1) is 0 Å². The van der Waals surface area contributed by atoms with Crippen molar-refractivity contribution in [3.63, 3.8) is 0 Å². The van der Waals surface area contributed by atoms with E-state index in [1.54, 1.807) is 0 Å². The second kappa shape index (κ2) is 8.84. The van der Waals surface area contributed by atoms with E-state index in [0.717, 1.165) is 16.6 Å². The van der Waals surface area contributed by atoms with E-state index in [0.29, 0.717) is 19.8 Å². The van der Waals surface area contributed by atoms with Crippen LogP contribution >= 0.6 is 0 Å². The molecule has 0 aliphatic carbocycles. The van der Waals surface area contributed by atoms with Crippen LogP contribution in [0.4, 0.5) is 11.4 Å². The third-order valence-electron chi connectivity index (χ3n) is 3.30. The van der Waals surface area contributed by atoms with Crippen LogP contribution in [0.5, 0.6) is 0 Å². The van der Waals surface area contributed by atoms with E-state index in [-0.39, 0.29) is 0 Å². The average molecular weight is 331 g/mol. The summed E-state index contributed by atoms with van der Waals surface area (Å²) in [6, 6.07) is 18.2. The van der Waals surface area contributed by atoms with Gasteiger partial charge in [0.2, 0.25) is 0 Å². The Balaban J connectivity index is 2.20. The van der Waals surface area contributed by atoms with Gasteiger partial charge in [0.25, 0.3) is 0 Å². The molecule has 23 heavy (non-hydrogen) atoms. The number of hydrogen-bond acceptors (Lipinski definition) is 4. The lowest BCUT2D eigenvalue weighted by molar-refractivity contribution is 0.0859. The molecule has 4 nitrogen and oxygen atoms in total. The molecule has 2 rings (SSSR count). The Bertz CT molecular complexity index is 558. The molecule has 0 atom stereocenters. The molecule has 0 radical (unpaired) electrons. The molecule has 0 aliphatic heterocycles. The lowest BCUT2D eigenvalue weighted by Crippen LogP contribution is -2.56. The van der Waals surface area contributed by atoms with Crippen LogP contribution in [-0.4, -0.2) is 28.6 Å². The number of anilines is 2. The van der Waals surface area contributed by atoms with Crippen molar-refractivity contribution < 1.29 is 13.3 Å². The van der Waals surface area contributed by atoms with Gasteiger partial charge in [-0.15, -0.1) is 0 Å². The molecule has 0 saturated carbocycles. The number of nitrogens with one attached hydrogen (secondary N) is 1. The quantitative estimate of drug-likeness (QED) is 0.712. The molecule has 0 bridgehead atoms. The largest absolute Gasteiger partial charge is 0.537 e. The Hall–Kier alpha value is -1.66. The van der Waals surface area contributed by atoms with Gasteiger partial charge in [-0.05, 0) is 45.0 Å². The maximum Gasteiger partial charge on any atom is 0.537 e. The summed E-state index contributed by atoms with van der Waals surface area (Å²) < 4.78 is 17.8. The standard InChI is InChI=1S/C18H25NO3Si/c1-4-20-23(21-5-2,22-6-3)18-14-12-17(13-15-18)19-16-10-8-7-9-11-16/h7-15,19H,4-6H2,1-3H3. The lowest BCUT2D eigenvalue weighted by atomic mass is 10.3. The summed E-state index contributed by atoms with van der Waals surface area (Å²) in [6.45, 7) is 7.59. The van der Waals surface area contributed by atoms with Gasteiger partial charge in [0, 0.05) is 36.4 Å². The molecular formula is C18H25NO3Si. The van der Waals surface area contributed by atoms with Gasteiger partial charge in [-0.25, -0.2) is 0 Å². The minimum Gasteiger partial charge on any atom is -0.370 e. The summed E-state index contributed by atoms with van der Waals surface area (Å²) in [5, 5.41) is 4.36. The third-order valence-corrected chi connectivity index (χ3v) is 6.35. The smallest absolute Gasteiger partial charge is 0.370 e. The molecule has 0 aromatic heterocycles. The van der Waals surface area contributed by atoms with Crippen molar-refractivity contribution in [2.45, 2.75) is 20.8 Å². The molecule has 0 amide bonds. The molecule has 0 saturated heterocycles. The second-order valence-electron chi connectivity index (χ2n) is 4.92. The molecule has 0 heterocycles. The minimum absolute atomic E-state index is 0.566. The molecule has 0 unspecified atom stereocenters. The van der Waals surface area contributed by atoms with E-state index < -0.39 is 8.80 Å². The first-order chi connectivity index (χ1) is 11.2. The van der Waals surface area contributed by atoms with Gasteiger partial charge in [0.05, 0.1) is 0 Å². The predicted octanol–water partition coefficient (Wildman–Crippen LogP) is 3.69. The van der Waals surface area contributed by atoms with Crippen LogP contribution in [-0.2, 0) is 13.3 Å². The van der Waals surface area contributed by atoms with Crippen LogP contribution in [0.3, 0.4) is 0 Å². The van der Waals surface area contributed by atoms with Gasteiger partial charge in [0.15, 0.2) is 0 Å². The van der Waals surface area contributed by atoms with Crippen LogP contribution in [0.1, 0.15) is 20.8 Å². The Morgan fingerprint density at radius 1 is 0.696 bits per heavy atom. The monoisotopic (exact) mass is 331 g/mol. The average Bonchev–Trinajstić information content (AvgIpc) is 2.57. The van der Waals surface area contributed by atoms with Crippen LogP contribution in [0.2, 0.25) is 0 Å². The predicted molar refractivity (Wildman–Crippen MR) is 96.4 cm³/mol. The fourth-order valence-corrected chi connectivity index (χ4v) is 4.86. The van der Waals surface area contributed by atoms with E-state index >= 15 is 0 Å². The highest BCUT2D eigenvalue weighted by Crippen LogP contribution is 2.17. The first-order valence-electron chi connectivity index (χ1n) is 8.08. The highest BCUT2D eigenvalue weighted by molar-refractivity contribution is 6.75. The normalized spacial score (nSPS) is 11.4. The lowest BCUT2D eigenvalue weighted by Gasteiger charge is -2.28. The molecular weight excluding hydrogens is 306 g/mol. The Labute approximate surface area is 139 Å². The first kappa shape index (κ1) is 17.7. The van der Waals surface area contributed by atoms with Gasteiger partial charge in [0.1, 0.15) is 0 Å². The summed E-state index contributed by atoms with van der Waals surface area (Å²) >= 11 is 0. The molecule has 1 N–H and O–H groups in total. The number of hydrogen-bond donors (Lipinski definition) is 1. The highest BCUT2D eigenvalue weighted by atomic mass is 28.4. The zero-order valence-corrected chi connectivity index (χ0v) is 15.0. The van der Waals surface area contributed by atoms with Crippen LogP contribution < -0.4 is 10.5 Å². The molecule has 0 aliphatic rings. The van der Waals surface area contributed by atoms with Gasteiger partial charge in [-0.3, -0.25) is 0 Å². The van der Waals surface area contributed by atoms with Gasteiger partial charge in [-0.2, -0.15) is 0 Å². The Kier molecular flexibility index (Phi) is 6.79. The summed E-state index contributed by atoms with van der Waals surface area (Å²) in [7, 11) is -2.81. The minimum atomic E-state index is -2.81. The van der Waals surface area contributed by atoms with Crippen molar-refractivity contribution in [1.82, 2.24) is 0 Å². The molecule has 0 fully saturated rings. The molecule has 2 aromatic carbocycles. The molecule has 2 aromatic rings. The zero-order valence-electron chi connectivity index (χ0n) is 14.0. The maximum absolute atomic E-state index is 5.93. The fourth-order valence-electron chi connectivity index (χ4n) is 2.39. The fraction of sp³-hybridized carbons (Fsp3) is 0.333. The number of benzene rings is 2. The number of para-hydroxylation sites is 1. The van der Waals surface area contributed by atoms with E-state index in [4.69, 9.17) is 13.3 Å². The summed E-state index contributed by atoms with van der Waals surface area (Å²) in [5.74, 6) is 0. The van der Waals surface area contributed by atoms with E-state index in [9.17, 15) is 0 Å². The van der Waals surface area contributed by atoms with Crippen LogP contribution in [0.15, 0.2) is 54.6 Å². The van der Waals surface area contributed by atoms with Crippen molar-refractivity contribution in [2.75, 3.05) is 25.1 Å². The Morgan fingerprint density at radius 2 is 1.17 bits per heavy atom. The van der Waals surface area contributed by atoms with Gasteiger partial charge < -0.3 is 18.6 Å². The molecule has 5 heteroatoms. The zero-order chi connectivity index (χ0) is 16.5. The van der Waals surface area contributed by atoms with E-state index in [1.807, 2.05) is 75.4 Å². The second-order valence-corrected chi connectivity index (χ2v) is 7.48. The van der Waals surface area contributed by atoms with Gasteiger partial charge >= 0.3 is 8.80 Å². The molecule has 0 spiro atoms. The topological polar surface area (TPSA) is 39.7 Å². The maximum atomic E-state index is 5.93. The van der Waals surface area contributed by atoms with Crippen molar-refractivity contribution in [3.8, 4) is 0 Å². The highest BCUT2D eigenvalue weighted by Gasteiger charge is 2.43. The number of rotatable bonds is 9. The SMILES string of the molecule is CCO[Si](OCC)(OCC)c1ccc(Nc2ccccc2)cc1. The summed E-state index contributed by atoms with van der Waals surface area (Å²) in [5.41, 5.74) is 2.08. The first-order valence-corrected chi connectivity index (χ1v) is 9.81. The summed E-state index contributed by atoms with van der Waals surface area (Å²) in [4.78, 5) is 0. The van der Waals surface area contributed by atoms with Crippen molar-refractivity contribution >= 4 is 25.4 Å². The summed E-state index contributed by atoms with van der Waals surface area (Å²) in [6.07, 6.45) is 0.